The van der Waals surface area contributed by atoms with Gasteiger partial charge in [-0.15, -0.1) is 16.4 Å². The highest BCUT2D eigenvalue weighted by molar-refractivity contribution is 7.20. The van der Waals surface area contributed by atoms with Crippen LogP contribution in [0.3, 0.4) is 0 Å². The van der Waals surface area contributed by atoms with E-state index >= 15 is 0 Å². The number of thiophene rings is 1. The summed E-state index contributed by atoms with van der Waals surface area (Å²) in [6.07, 6.45) is 0.474. The molecule has 2 heterocycles. The molecular weight excluding hydrogens is 392 g/mol. The third-order valence-corrected chi connectivity index (χ3v) is 5.58. The summed E-state index contributed by atoms with van der Waals surface area (Å²) in [5.41, 5.74) is 3.37. The van der Waals surface area contributed by atoms with E-state index in [2.05, 4.69) is 21.6 Å². The minimum Gasteiger partial charge on any atom is -0.407 e. The zero-order valence-electron chi connectivity index (χ0n) is 15.6. The van der Waals surface area contributed by atoms with Crippen molar-refractivity contribution in [3.05, 3.63) is 80.0 Å². The normalized spacial score (nSPS) is 11.0. The van der Waals surface area contributed by atoms with Crippen molar-refractivity contribution < 1.29 is 14.1 Å². The molecule has 1 N–H and O–H groups in total. The van der Waals surface area contributed by atoms with Crippen LogP contribution in [0, 0.1) is 24.0 Å². The number of fused-ring (bicyclic) bond motifs is 1. The van der Waals surface area contributed by atoms with Crippen LogP contribution in [0.15, 0.2) is 46.9 Å². The van der Waals surface area contributed by atoms with Crippen LogP contribution < -0.4 is 5.32 Å². The molecule has 146 valence electrons. The molecule has 0 radical (unpaired) electrons. The second kappa shape index (κ2) is 7.44. The summed E-state index contributed by atoms with van der Waals surface area (Å²) in [5.74, 6) is -0.00483. The van der Waals surface area contributed by atoms with E-state index in [-0.39, 0.29) is 11.7 Å². The zero-order valence-corrected chi connectivity index (χ0v) is 16.4. The number of carbonyl (C=O) groups is 1. The molecule has 0 aliphatic rings. The summed E-state index contributed by atoms with van der Waals surface area (Å²) >= 11 is 1.23. The van der Waals surface area contributed by atoms with Crippen LogP contribution >= 0.6 is 11.3 Å². The SMILES string of the molecule is Cc1ccc(Cc2nnc(NC(=O)c3cc4cc([N+](=O)[O-])ccc4s3)o2)c(C)c1. The van der Waals surface area contributed by atoms with Gasteiger partial charge in [0.05, 0.1) is 16.2 Å². The van der Waals surface area contributed by atoms with Gasteiger partial charge < -0.3 is 4.42 Å². The first-order valence-corrected chi connectivity index (χ1v) is 9.58. The largest absolute Gasteiger partial charge is 0.407 e. The highest BCUT2D eigenvalue weighted by Gasteiger charge is 2.16. The Hall–Kier alpha value is -3.59. The third kappa shape index (κ3) is 3.99. The van der Waals surface area contributed by atoms with Crippen LogP contribution in [0.2, 0.25) is 0 Å². The molecule has 2 aromatic heterocycles. The maximum atomic E-state index is 12.5. The number of hydrogen-bond acceptors (Lipinski definition) is 7. The number of aryl methyl sites for hydroxylation is 2. The van der Waals surface area contributed by atoms with Gasteiger partial charge in [-0.3, -0.25) is 20.2 Å². The predicted octanol–water partition coefficient (Wildman–Crippen LogP) is 4.65. The molecule has 8 nitrogen and oxygen atoms in total. The lowest BCUT2D eigenvalue weighted by molar-refractivity contribution is -0.384. The number of rotatable bonds is 5. The molecule has 0 atom stereocenters. The quantitative estimate of drug-likeness (QED) is 0.380. The van der Waals surface area contributed by atoms with Crippen LogP contribution in [0.4, 0.5) is 11.7 Å². The average Bonchev–Trinajstić information content (AvgIpc) is 3.30. The highest BCUT2D eigenvalue weighted by atomic mass is 32.1. The number of nitro benzene ring substituents is 1. The van der Waals surface area contributed by atoms with Gasteiger partial charge >= 0.3 is 6.01 Å². The second-order valence-corrected chi connectivity index (χ2v) is 7.74. The van der Waals surface area contributed by atoms with Gasteiger partial charge in [0, 0.05) is 22.2 Å². The lowest BCUT2D eigenvalue weighted by atomic mass is 10.0. The Labute approximate surface area is 169 Å². The van der Waals surface area contributed by atoms with Crippen LogP contribution in [-0.2, 0) is 6.42 Å². The third-order valence-electron chi connectivity index (χ3n) is 4.46. The summed E-state index contributed by atoms with van der Waals surface area (Å²) in [6.45, 7) is 4.05. The van der Waals surface area contributed by atoms with Gasteiger partial charge in [-0.25, -0.2) is 0 Å². The summed E-state index contributed by atoms with van der Waals surface area (Å²) in [4.78, 5) is 23.3. The molecule has 0 bridgehead atoms. The van der Waals surface area contributed by atoms with Gasteiger partial charge in [0.25, 0.3) is 11.6 Å². The summed E-state index contributed by atoms with van der Waals surface area (Å²) in [5, 5.41) is 22.0. The monoisotopic (exact) mass is 408 g/mol. The number of nitro groups is 1. The predicted molar refractivity (Wildman–Crippen MR) is 109 cm³/mol. The van der Waals surface area contributed by atoms with E-state index in [1.165, 1.54) is 29.0 Å². The van der Waals surface area contributed by atoms with E-state index in [1.54, 1.807) is 12.1 Å². The van der Waals surface area contributed by atoms with Crippen LogP contribution in [0.25, 0.3) is 10.1 Å². The average molecular weight is 408 g/mol. The lowest BCUT2D eigenvalue weighted by Crippen LogP contribution is -2.10. The smallest absolute Gasteiger partial charge is 0.322 e. The van der Waals surface area contributed by atoms with Crippen molar-refractivity contribution in [2.45, 2.75) is 20.3 Å². The first kappa shape index (κ1) is 18.8. The topological polar surface area (TPSA) is 111 Å². The van der Waals surface area contributed by atoms with Crippen molar-refractivity contribution in [3.8, 4) is 0 Å². The Morgan fingerprint density at radius 2 is 2.00 bits per heavy atom. The van der Waals surface area contributed by atoms with Crippen LogP contribution in [0.5, 0.6) is 0 Å². The first-order valence-electron chi connectivity index (χ1n) is 8.77. The zero-order chi connectivity index (χ0) is 20.5. The fourth-order valence-corrected chi connectivity index (χ4v) is 3.94. The van der Waals surface area contributed by atoms with E-state index in [0.717, 1.165) is 15.8 Å². The molecule has 1 amide bonds. The fraction of sp³-hybridized carbons (Fsp3) is 0.150. The lowest BCUT2D eigenvalue weighted by Gasteiger charge is -2.03. The standard InChI is InChI=1S/C20H16N4O4S/c1-11-3-4-13(12(2)7-11)10-18-22-23-20(28-18)21-19(25)17-9-14-8-15(24(26)27)5-6-16(14)29-17/h3-9H,10H2,1-2H3,(H,21,23,25). The molecule has 29 heavy (non-hydrogen) atoms. The number of amides is 1. The van der Waals surface area contributed by atoms with Gasteiger partial charge in [-0.1, -0.05) is 28.9 Å². The Morgan fingerprint density at radius 1 is 1.17 bits per heavy atom. The number of aromatic nitrogens is 2. The van der Waals surface area contributed by atoms with Gasteiger partial charge in [0.1, 0.15) is 0 Å². The molecule has 4 aromatic rings. The van der Waals surface area contributed by atoms with E-state index in [0.29, 0.717) is 22.6 Å². The molecule has 0 spiro atoms. The van der Waals surface area contributed by atoms with Crippen molar-refractivity contribution >= 4 is 39.0 Å². The number of anilines is 1. The molecule has 9 heteroatoms. The maximum Gasteiger partial charge on any atom is 0.322 e. The highest BCUT2D eigenvalue weighted by Crippen LogP contribution is 2.29. The summed E-state index contributed by atoms with van der Waals surface area (Å²) in [7, 11) is 0. The molecular formula is C20H16N4O4S. The molecule has 0 saturated carbocycles. The number of non-ortho nitro benzene ring substituents is 1. The molecule has 0 aliphatic carbocycles. The molecule has 4 rings (SSSR count). The Balaban J connectivity index is 1.49. The van der Waals surface area contributed by atoms with Crippen LogP contribution in [-0.4, -0.2) is 21.0 Å². The van der Waals surface area contributed by atoms with Crippen molar-refractivity contribution in [1.82, 2.24) is 10.2 Å². The molecule has 2 aromatic carbocycles. The number of hydrogen-bond donors (Lipinski definition) is 1. The van der Waals surface area contributed by atoms with E-state index in [1.807, 2.05) is 26.0 Å². The van der Waals surface area contributed by atoms with Gasteiger partial charge in [-0.2, -0.15) is 0 Å². The number of benzene rings is 2. The number of nitrogens with one attached hydrogen (secondary N) is 1. The van der Waals surface area contributed by atoms with E-state index in [4.69, 9.17) is 4.42 Å². The second-order valence-electron chi connectivity index (χ2n) is 6.65. The van der Waals surface area contributed by atoms with E-state index < -0.39 is 10.8 Å². The summed E-state index contributed by atoms with van der Waals surface area (Å²) in [6, 6.07) is 12.2. The Kier molecular flexibility index (Phi) is 4.81. The summed E-state index contributed by atoms with van der Waals surface area (Å²) < 4.78 is 6.33. The minimum absolute atomic E-state index is 0.0122. The fourth-order valence-electron chi connectivity index (χ4n) is 3.00. The molecule has 0 unspecified atom stereocenters. The van der Waals surface area contributed by atoms with Crippen LogP contribution in [0.1, 0.15) is 32.3 Å². The molecule has 0 saturated heterocycles. The van der Waals surface area contributed by atoms with Crippen molar-refractivity contribution in [2.75, 3.05) is 5.32 Å². The first-order chi connectivity index (χ1) is 13.9. The molecule has 0 fully saturated rings. The Bertz CT molecular complexity index is 1240. The van der Waals surface area contributed by atoms with Gasteiger partial charge in [-0.05, 0) is 37.1 Å². The Morgan fingerprint density at radius 3 is 2.76 bits per heavy atom. The van der Waals surface area contributed by atoms with Gasteiger partial charge in [0.15, 0.2) is 0 Å². The number of carbonyl (C=O) groups excluding carboxylic acids is 1. The maximum absolute atomic E-state index is 12.5. The minimum atomic E-state index is -0.466. The van der Waals surface area contributed by atoms with Crippen molar-refractivity contribution in [3.63, 3.8) is 0 Å². The molecule has 0 aliphatic heterocycles. The van der Waals surface area contributed by atoms with Crippen molar-refractivity contribution in [1.29, 1.82) is 0 Å². The van der Waals surface area contributed by atoms with Crippen molar-refractivity contribution in [2.24, 2.45) is 0 Å². The van der Waals surface area contributed by atoms with E-state index in [9.17, 15) is 14.9 Å². The number of nitrogens with zero attached hydrogens (tertiary/aromatic N) is 3. The van der Waals surface area contributed by atoms with Gasteiger partial charge in [0.2, 0.25) is 5.89 Å².